The van der Waals surface area contributed by atoms with Crippen molar-refractivity contribution < 1.29 is 32.7 Å². The Morgan fingerprint density at radius 3 is 1.85 bits per heavy atom. The Bertz CT molecular complexity index is 1570. The van der Waals surface area contributed by atoms with E-state index in [-0.39, 0.29) is 39.0 Å². The van der Waals surface area contributed by atoms with Crippen LogP contribution in [-0.2, 0) is 18.0 Å². The molecule has 0 saturated carbocycles. The lowest BCUT2D eigenvalue weighted by molar-refractivity contribution is 0.0153. The highest BCUT2D eigenvalue weighted by atomic mass is 32.2. The van der Waals surface area contributed by atoms with E-state index in [4.69, 9.17) is 18.0 Å². The van der Waals surface area contributed by atoms with Gasteiger partial charge in [-0.2, -0.15) is 0 Å². The smallest absolute Gasteiger partial charge is 0.338 e. The van der Waals surface area contributed by atoms with Gasteiger partial charge in [-0.05, 0) is 132 Å². The molecule has 2 aromatic rings. The van der Waals surface area contributed by atoms with E-state index in [2.05, 4.69) is 106 Å². The van der Waals surface area contributed by atoms with Crippen LogP contribution < -0.4 is 4.90 Å². The normalized spacial score (nSPS) is 14.5. The molecule has 0 bridgehead atoms. The van der Waals surface area contributed by atoms with Crippen LogP contribution in [-0.4, -0.2) is 83.5 Å². The molecule has 0 heterocycles. The molecule has 54 heavy (non-hydrogen) atoms. The topological polar surface area (TPSA) is 94.5 Å². The second kappa shape index (κ2) is 18.5. The second-order valence-corrected chi connectivity index (χ2v) is 32.8. The van der Waals surface area contributed by atoms with Crippen molar-refractivity contribution in [3.8, 4) is 5.75 Å². The summed E-state index contributed by atoms with van der Waals surface area (Å²) in [5.74, 6) is -1.08. The second-order valence-electron chi connectivity index (χ2n) is 18.1. The molecule has 12 heteroatoms. The van der Waals surface area contributed by atoms with Crippen LogP contribution in [0.1, 0.15) is 115 Å². The number of anilines is 1. The number of ether oxygens (including phenoxy) is 1. The summed E-state index contributed by atoms with van der Waals surface area (Å²) in [4.78, 5) is 28.7. The molecule has 0 radical (unpaired) electrons. The number of carbonyl (C=O) groups excluding carboxylic acids is 2. The van der Waals surface area contributed by atoms with E-state index in [1.165, 1.54) is 0 Å². The fraction of sp³-hybridized carbons (Fsp3) is 0.667. The zero-order chi connectivity index (χ0) is 41.6. The predicted octanol–water partition coefficient (Wildman–Crippen LogP) is 11.4. The monoisotopic (exact) mass is 819 g/mol. The van der Waals surface area contributed by atoms with Gasteiger partial charge in [-0.25, -0.2) is 4.79 Å². The largest absolute Gasteiger partial charge is 0.507 e. The Balaban J connectivity index is 2.19. The average Bonchev–Trinajstić information content (AvgIpc) is 3.04. The third-order valence-corrected chi connectivity index (χ3v) is 23.7. The van der Waals surface area contributed by atoms with Crippen LogP contribution in [0.3, 0.4) is 0 Å². The number of hydrogen-bond acceptors (Lipinski definition) is 9. The maximum Gasteiger partial charge on any atom is 0.338 e. The van der Waals surface area contributed by atoms with Gasteiger partial charge in [0.2, 0.25) is 8.32 Å². The molecule has 0 amide bonds. The summed E-state index contributed by atoms with van der Waals surface area (Å²) < 4.78 is 27.0. The van der Waals surface area contributed by atoms with Crippen LogP contribution in [0.2, 0.25) is 50.4 Å². The first-order chi connectivity index (χ1) is 24.6. The summed E-state index contributed by atoms with van der Waals surface area (Å²) in [5, 5.41) is 10.1. The highest BCUT2D eigenvalue weighted by Crippen LogP contribution is 2.53. The van der Waals surface area contributed by atoms with E-state index >= 15 is 0 Å². The third-order valence-electron chi connectivity index (χ3n) is 11.6. The van der Waals surface area contributed by atoms with Crippen molar-refractivity contribution in [2.24, 2.45) is 0 Å². The number of phenolic OH excluding ortho intramolecular Hbond substituents is 1. The van der Waals surface area contributed by atoms with Gasteiger partial charge in [0.15, 0.2) is 22.4 Å². The number of phenols is 1. The van der Waals surface area contributed by atoms with Gasteiger partial charge in [0.05, 0.1) is 33.5 Å². The van der Waals surface area contributed by atoms with Gasteiger partial charge in [-0.1, -0.05) is 44.9 Å². The van der Waals surface area contributed by atoms with Crippen molar-refractivity contribution in [3.63, 3.8) is 0 Å². The lowest BCUT2D eigenvalue weighted by atomic mass is 9.94. The highest BCUT2D eigenvalue weighted by molar-refractivity contribution is 7.99. The first-order valence-corrected chi connectivity index (χ1v) is 29.8. The van der Waals surface area contributed by atoms with Gasteiger partial charge in [0.1, 0.15) is 5.75 Å². The fourth-order valence-electron chi connectivity index (χ4n) is 7.03. The lowest BCUT2D eigenvalue weighted by Crippen LogP contribution is -2.66. The summed E-state index contributed by atoms with van der Waals surface area (Å²) in [7, 11) is -6.79. The average molecular weight is 820 g/mol. The maximum atomic E-state index is 13.6. The van der Waals surface area contributed by atoms with Crippen molar-refractivity contribution in [1.29, 1.82) is 0 Å². The molecular formula is C42H73NO7SSi3. The number of aromatic hydroxyl groups is 1. The zero-order valence-electron chi connectivity index (χ0n) is 36.7. The van der Waals surface area contributed by atoms with Crippen molar-refractivity contribution >= 4 is 54.2 Å². The quantitative estimate of drug-likeness (QED) is 0.0410. The van der Waals surface area contributed by atoms with Crippen LogP contribution in [0.4, 0.5) is 5.69 Å². The fourth-order valence-corrected chi connectivity index (χ4v) is 17.6. The van der Waals surface area contributed by atoms with Crippen LogP contribution in [0.15, 0.2) is 42.5 Å². The number of thioether (sulfide) groups is 1. The van der Waals surface area contributed by atoms with E-state index in [1.807, 2.05) is 19.9 Å². The van der Waals surface area contributed by atoms with Crippen molar-refractivity contribution in [2.75, 3.05) is 30.9 Å². The molecular weight excluding hydrogens is 747 g/mol. The Kier molecular flexibility index (Phi) is 16.6. The van der Waals surface area contributed by atoms with Gasteiger partial charge in [-0.15, -0.1) is 11.8 Å². The molecule has 2 rings (SSSR count). The number of esters is 1. The number of unbranched alkanes of at least 4 members (excludes halogenated alkanes) is 2. The number of nitrogens with zero attached hydrogens (tertiary/aromatic N) is 1. The minimum absolute atomic E-state index is 0.115. The van der Waals surface area contributed by atoms with Crippen LogP contribution >= 0.6 is 11.8 Å². The van der Waals surface area contributed by atoms with Gasteiger partial charge in [-0.3, -0.25) is 4.79 Å². The number of benzene rings is 2. The molecule has 306 valence electrons. The highest BCUT2D eigenvalue weighted by Gasteiger charge is 2.58. The molecule has 0 fully saturated rings. The standard InChI is InChI=1S/C42H73NO7SSi3/c1-18-43(19-2)32-27-28-35(36(44)31-32)37(45)33-25-21-22-26-34(33)38(46)47-29-23-20-24-30-54(17,42(9,10)50-52(12,13)14)48-39(3,4)40(5,6)53(15,16)49-41(7,8)51-11/h21-22,25-28,31,44H,18-20,23-24,29-30H2,1-17H3. The van der Waals surface area contributed by atoms with Crippen LogP contribution in [0, 0.1) is 0 Å². The van der Waals surface area contributed by atoms with E-state index in [0.29, 0.717) is 6.42 Å². The zero-order valence-corrected chi connectivity index (χ0v) is 40.6. The summed E-state index contributed by atoms with van der Waals surface area (Å²) in [6, 6.07) is 12.6. The third kappa shape index (κ3) is 12.0. The lowest BCUT2D eigenvalue weighted by Gasteiger charge is -2.56. The molecule has 1 atom stereocenters. The van der Waals surface area contributed by atoms with E-state index in [9.17, 15) is 14.7 Å². The van der Waals surface area contributed by atoms with Crippen LogP contribution in [0.25, 0.3) is 0 Å². The molecule has 1 unspecified atom stereocenters. The Labute approximate surface area is 335 Å². The molecule has 0 aliphatic rings. The molecule has 0 aliphatic heterocycles. The summed E-state index contributed by atoms with van der Waals surface area (Å²) >= 11 is 1.73. The minimum atomic E-state index is -2.58. The molecule has 1 N–H and O–H groups in total. The molecule has 2 aromatic carbocycles. The molecule has 8 nitrogen and oxygen atoms in total. The van der Waals surface area contributed by atoms with Crippen molar-refractivity contribution in [3.05, 3.63) is 59.2 Å². The van der Waals surface area contributed by atoms with Gasteiger partial charge < -0.3 is 28.0 Å². The van der Waals surface area contributed by atoms with E-state index in [1.54, 1.807) is 48.2 Å². The Hall–Kier alpha value is -1.94. The van der Waals surface area contributed by atoms with E-state index in [0.717, 1.165) is 37.7 Å². The first kappa shape index (κ1) is 48.2. The maximum absolute atomic E-state index is 13.6. The summed E-state index contributed by atoms with van der Waals surface area (Å²) in [5.41, 5.74) is 0.895. The summed E-state index contributed by atoms with van der Waals surface area (Å²) in [6.45, 7) is 37.3. The van der Waals surface area contributed by atoms with E-state index < -0.39 is 47.5 Å². The molecule has 0 aliphatic carbocycles. The summed E-state index contributed by atoms with van der Waals surface area (Å²) in [6.07, 6.45) is 4.54. The molecule has 0 spiro atoms. The number of ketones is 1. The predicted molar refractivity (Wildman–Crippen MR) is 236 cm³/mol. The van der Waals surface area contributed by atoms with Gasteiger partial charge >= 0.3 is 5.97 Å². The van der Waals surface area contributed by atoms with Gasteiger partial charge in [0, 0.05) is 35.4 Å². The van der Waals surface area contributed by atoms with Crippen molar-refractivity contribution in [1.82, 2.24) is 0 Å². The molecule has 0 aromatic heterocycles. The molecule has 0 saturated heterocycles. The first-order valence-electron chi connectivity index (χ1n) is 19.7. The number of carbonyl (C=O) groups is 2. The van der Waals surface area contributed by atoms with Crippen molar-refractivity contribution in [2.45, 2.75) is 155 Å². The number of hydrogen-bond donors (Lipinski definition) is 1. The minimum Gasteiger partial charge on any atom is -0.507 e. The Morgan fingerprint density at radius 2 is 1.33 bits per heavy atom. The number of rotatable bonds is 22. The van der Waals surface area contributed by atoms with Crippen LogP contribution in [0.5, 0.6) is 5.75 Å². The van der Waals surface area contributed by atoms with Gasteiger partial charge in [0.25, 0.3) is 0 Å². The Morgan fingerprint density at radius 1 is 0.759 bits per heavy atom. The SMILES string of the molecule is CCN(CC)c1ccc(C(=O)c2ccccc2C(=O)OCCCCC[Si](C)(OC(C)(C)C(C)(C)[Si](C)(C)OC(C)(C)SC)C(C)(C)O[Si](C)(C)C)c(O)c1.